The van der Waals surface area contributed by atoms with Crippen LogP contribution in [0, 0.1) is 0 Å². The fraction of sp³-hybridized carbons (Fsp3) is 0.0612. The number of rotatable bonds is 3. The van der Waals surface area contributed by atoms with Crippen LogP contribution in [-0.4, -0.2) is 0 Å². The van der Waals surface area contributed by atoms with Gasteiger partial charge in [-0.1, -0.05) is 147 Å². The normalized spacial score (nSPS) is 13.3. The summed E-state index contributed by atoms with van der Waals surface area (Å²) in [5, 5.41) is 10.3. The first kappa shape index (κ1) is 28.1. The molecule has 0 fully saturated rings. The molecule has 9 aromatic rings. The second-order valence-electron chi connectivity index (χ2n) is 14.2. The first-order valence-corrected chi connectivity index (χ1v) is 17.2. The minimum Gasteiger partial charge on any atom is -0.0619 e. The first-order chi connectivity index (χ1) is 24.0. The quantitative estimate of drug-likeness (QED) is 0.172. The van der Waals surface area contributed by atoms with Gasteiger partial charge < -0.3 is 0 Å². The summed E-state index contributed by atoms with van der Waals surface area (Å²) in [4.78, 5) is 0. The summed E-state index contributed by atoms with van der Waals surface area (Å²) in [7, 11) is 0. The Kier molecular flexibility index (Phi) is 6.02. The van der Waals surface area contributed by atoms with Gasteiger partial charge >= 0.3 is 0 Å². The molecule has 0 saturated heterocycles. The van der Waals surface area contributed by atoms with Crippen molar-refractivity contribution in [3.63, 3.8) is 0 Å². The van der Waals surface area contributed by atoms with Gasteiger partial charge in [-0.2, -0.15) is 0 Å². The highest BCUT2D eigenvalue weighted by atomic mass is 14.4. The average Bonchev–Trinajstić information content (AvgIpc) is 3.38. The van der Waals surface area contributed by atoms with E-state index in [4.69, 9.17) is 0 Å². The van der Waals surface area contributed by atoms with Crippen molar-refractivity contribution in [2.45, 2.75) is 19.3 Å². The molecule has 0 spiro atoms. The Morgan fingerprint density at radius 2 is 0.735 bits per heavy atom. The third-order valence-corrected chi connectivity index (χ3v) is 11.0. The van der Waals surface area contributed by atoms with E-state index in [0.29, 0.717) is 0 Å². The lowest BCUT2D eigenvalue weighted by molar-refractivity contribution is 0.661. The smallest absolute Gasteiger partial charge is 0.0159 e. The van der Waals surface area contributed by atoms with E-state index in [9.17, 15) is 0 Å². The SMILES string of the molecule is CC1(C)c2ccccc2-c2cc3ccc4ccc(-c5ccc(-c6ccc7cc(-c8ccc9ccccc9c8)ccc7c6)cc5)cc4c3cc21. The fourth-order valence-corrected chi connectivity index (χ4v) is 8.26. The molecule has 9 aromatic carbocycles. The van der Waals surface area contributed by atoms with Crippen LogP contribution in [0.15, 0.2) is 170 Å². The Bertz CT molecular complexity index is 2780. The molecule has 10 rings (SSSR count). The highest BCUT2D eigenvalue weighted by Gasteiger charge is 2.35. The summed E-state index contributed by atoms with van der Waals surface area (Å²) < 4.78 is 0. The Morgan fingerprint density at radius 1 is 0.286 bits per heavy atom. The van der Waals surface area contributed by atoms with Crippen molar-refractivity contribution in [1.82, 2.24) is 0 Å². The molecule has 1 aliphatic carbocycles. The molecule has 0 N–H and O–H groups in total. The molecule has 0 unspecified atom stereocenters. The van der Waals surface area contributed by atoms with Crippen molar-refractivity contribution in [2.24, 2.45) is 0 Å². The van der Waals surface area contributed by atoms with E-state index < -0.39 is 0 Å². The molecule has 230 valence electrons. The third-order valence-electron chi connectivity index (χ3n) is 11.0. The van der Waals surface area contributed by atoms with Gasteiger partial charge in [0.15, 0.2) is 0 Å². The second kappa shape index (κ2) is 10.5. The molecular formula is C49H34. The van der Waals surface area contributed by atoms with Gasteiger partial charge in [-0.3, -0.25) is 0 Å². The largest absolute Gasteiger partial charge is 0.0619 e. The maximum atomic E-state index is 2.46. The van der Waals surface area contributed by atoms with Crippen molar-refractivity contribution in [3.8, 4) is 44.5 Å². The van der Waals surface area contributed by atoms with Crippen LogP contribution in [0.1, 0.15) is 25.0 Å². The second-order valence-corrected chi connectivity index (χ2v) is 14.2. The number of fused-ring (bicyclic) bond motifs is 8. The fourth-order valence-electron chi connectivity index (χ4n) is 8.26. The maximum Gasteiger partial charge on any atom is 0.0159 e. The van der Waals surface area contributed by atoms with E-state index in [1.54, 1.807) is 0 Å². The van der Waals surface area contributed by atoms with Gasteiger partial charge in [0.2, 0.25) is 0 Å². The van der Waals surface area contributed by atoms with Gasteiger partial charge in [0.1, 0.15) is 0 Å². The van der Waals surface area contributed by atoms with Crippen LogP contribution >= 0.6 is 0 Å². The molecule has 0 bridgehead atoms. The zero-order chi connectivity index (χ0) is 32.7. The van der Waals surface area contributed by atoms with Gasteiger partial charge in [0.25, 0.3) is 0 Å². The summed E-state index contributed by atoms with van der Waals surface area (Å²) in [6.07, 6.45) is 0. The first-order valence-electron chi connectivity index (χ1n) is 17.2. The van der Waals surface area contributed by atoms with Crippen molar-refractivity contribution < 1.29 is 0 Å². The molecule has 0 radical (unpaired) electrons. The van der Waals surface area contributed by atoms with Crippen molar-refractivity contribution in [1.29, 1.82) is 0 Å². The lowest BCUT2D eigenvalue weighted by Gasteiger charge is -2.22. The number of hydrogen-bond donors (Lipinski definition) is 0. The standard InChI is InChI=1S/C49H34/c1-49(2)47-10-6-5-9-43(47)46-29-42-24-17-34-16-19-41(28-44(34)45(42)30-48(46)49)33-13-11-32(12-14-33)36-20-21-39-27-40(23-22-38(39)26-36)37-18-15-31-7-3-4-8-35(31)25-37/h3-30H,1-2H3. The van der Waals surface area contributed by atoms with Crippen molar-refractivity contribution in [3.05, 3.63) is 181 Å². The third kappa shape index (κ3) is 4.45. The Hall–Kier alpha value is -5.98. The molecule has 0 aromatic heterocycles. The number of benzene rings is 9. The minimum absolute atomic E-state index is 0.0159. The van der Waals surface area contributed by atoms with Gasteiger partial charge in [0, 0.05) is 5.41 Å². The van der Waals surface area contributed by atoms with Crippen LogP contribution in [0.25, 0.3) is 87.6 Å². The maximum absolute atomic E-state index is 2.46. The summed E-state index contributed by atoms with van der Waals surface area (Å²) in [5.41, 5.74) is 13.0. The summed E-state index contributed by atoms with van der Waals surface area (Å²) >= 11 is 0. The van der Waals surface area contributed by atoms with Crippen molar-refractivity contribution in [2.75, 3.05) is 0 Å². The van der Waals surface area contributed by atoms with E-state index in [-0.39, 0.29) is 5.41 Å². The van der Waals surface area contributed by atoms with Crippen LogP contribution in [0.5, 0.6) is 0 Å². The lowest BCUT2D eigenvalue weighted by Crippen LogP contribution is -2.14. The van der Waals surface area contributed by atoms with Crippen LogP contribution in [0.4, 0.5) is 0 Å². The molecule has 49 heavy (non-hydrogen) atoms. The van der Waals surface area contributed by atoms with E-state index in [1.807, 2.05) is 0 Å². The molecule has 0 saturated carbocycles. The van der Waals surface area contributed by atoms with Crippen LogP contribution < -0.4 is 0 Å². The molecule has 0 amide bonds. The highest BCUT2D eigenvalue weighted by molar-refractivity contribution is 6.11. The highest BCUT2D eigenvalue weighted by Crippen LogP contribution is 2.50. The Morgan fingerprint density at radius 3 is 1.43 bits per heavy atom. The predicted molar refractivity (Wildman–Crippen MR) is 210 cm³/mol. The van der Waals surface area contributed by atoms with Crippen molar-refractivity contribution >= 4 is 43.1 Å². The van der Waals surface area contributed by atoms with Gasteiger partial charge in [-0.05, 0) is 135 Å². The monoisotopic (exact) mass is 622 g/mol. The molecule has 0 atom stereocenters. The van der Waals surface area contributed by atoms with Crippen LogP contribution in [-0.2, 0) is 5.41 Å². The summed E-state index contributed by atoms with van der Waals surface area (Å²) in [6.45, 7) is 4.72. The molecule has 0 heterocycles. The van der Waals surface area contributed by atoms with E-state index in [0.717, 1.165) is 0 Å². The Labute approximate surface area is 286 Å². The zero-order valence-corrected chi connectivity index (χ0v) is 27.7. The zero-order valence-electron chi connectivity index (χ0n) is 27.7. The molecule has 1 aliphatic rings. The predicted octanol–water partition coefficient (Wildman–Crippen LogP) is 13.6. The summed E-state index contributed by atoms with van der Waals surface area (Å²) in [6, 6.07) is 63.2. The van der Waals surface area contributed by atoms with Gasteiger partial charge in [-0.15, -0.1) is 0 Å². The van der Waals surface area contributed by atoms with Crippen LogP contribution in [0.3, 0.4) is 0 Å². The van der Waals surface area contributed by atoms with E-state index in [2.05, 4.69) is 184 Å². The Balaban J connectivity index is 0.979. The topological polar surface area (TPSA) is 0 Å². The van der Waals surface area contributed by atoms with E-state index in [1.165, 1.54) is 98.7 Å². The van der Waals surface area contributed by atoms with Gasteiger partial charge in [0.05, 0.1) is 0 Å². The minimum atomic E-state index is -0.0159. The van der Waals surface area contributed by atoms with Crippen LogP contribution in [0.2, 0.25) is 0 Å². The molecule has 0 nitrogen and oxygen atoms in total. The molecule has 0 heteroatoms. The average molecular weight is 623 g/mol. The molecule has 0 aliphatic heterocycles. The van der Waals surface area contributed by atoms with Gasteiger partial charge in [-0.25, -0.2) is 0 Å². The molecular weight excluding hydrogens is 589 g/mol. The van der Waals surface area contributed by atoms with E-state index >= 15 is 0 Å². The lowest BCUT2D eigenvalue weighted by atomic mass is 9.81. The summed E-state index contributed by atoms with van der Waals surface area (Å²) in [5.74, 6) is 0. The number of hydrogen-bond acceptors (Lipinski definition) is 0.